The van der Waals surface area contributed by atoms with Gasteiger partial charge in [0.25, 0.3) is 5.91 Å². The highest BCUT2D eigenvalue weighted by molar-refractivity contribution is 6.03. The van der Waals surface area contributed by atoms with Crippen molar-refractivity contribution >= 4 is 23.1 Å². The van der Waals surface area contributed by atoms with Gasteiger partial charge in [0.15, 0.2) is 0 Å². The third-order valence-electron chi connectivity index (χ3n) is 4.55. The number of anilines is 3. The summed E-state index contributed by atoms with van der Waals surface area (Å²) in [5.41, 5.74) is 3.42. The molecule has 1 aliphatic rings. The largest absolute Gasteiger partial charge is 0.497 e. The molecular formula is C21H20N4O2. The molecule has 0 spiro atoms. The number of aryl methyl sites for hydroxylation is 1. The predicted molar refractivity (Wildman–Crippen MR) is 105 cm³/mol. The van der Waals surface area contributed by atoms with Gasteiger partial charge >= 0.3 is 0 Å². The van der Waals surface area contributed by atoms with Gasteiger partial charge in [-0.15, -0.1) is 0 Å². The minimum absolute atomic E-state index is 0.275. The minimum atomic E-state index is -0.275. The van der Waals surface area contributed by atoms with Crippen molar-refractivity contribution in [3.8, 4) is 5.75 Å². The average molecular weight is 360 g/mol. The summed E-state index contributed by atoms with van der Waals surface area (Å²) in [7, 11) is 1.59. The van der Waals surface area contributed by atoms with E-state index in [2.05, 4.69) is 32.3 Å². The first kappa shape index (κ1) is 17.0. The quantitative estimate of drug-likeness (QED) is 0.768. The molecule has 1 aliphatic heterocycles. The fraction of sp³-hybridized carbons (Fsp3) is 0.190. The molecule has 1 amide bonds. The topological polar surface area (TPSA) is 67.3 Å². The van der Waals surface area contributed by atoms with Gasteiger partial charge in [0.1, 0.15) is 23.1 Å². The zero-order valence-electron chi connectivity index (χ0n) is 15.3. The van der Waals surface area contributed by atoms with Crippen LogP contribution < -0.4 is 15.0 Å². The Bertz CT molecular complexity index is 1000. The fourth-order valence-corrected chi connectivity index (χ4v) is 3.28. The first-order valence-electron chi connectivity index (χ1n) is 8.80. The number of hydrogen-bond donors (Lipinski definition) is 1. The summed E-state index contributed by atoms with van der Waals surface area (Å²) in [6.45, 7) is 2.64. The zero-order chi connectivity index (χ0) is 18.8. The van der Waals surface area contributed by atoms with E-state index in [1.807, 2.05) is 30.3 Å². The summed E-state index contributed by atoms with van der Waals surface area (Å²) in [5, 5.41) is 2.87. The van der Waals surface area contributed by atoms with Gasteiger partial charge in [-0.3, -0.25) is 4.79 Å². The number of ether oxygens (including phenoxy) is 1. The Hall–Kier alpha value is -3.41. The van der Waals surface area contributed by atoms with Gasteiger partial charge in [-0.05, 0) is 37.1 Å². The molecule has 0 saturated carbocycles. The van der Waals surface area contributed by atoms with Gasteiger partial charge in [0.2, 0.25) is 0 Å². The molecule has 27 heavy (non-hydrogen) atoms. The van der Waals surface area contributed by atoms with Crippen molar-refractivity contribution in [3.05, 3.63) is 71.7 Å². The number of hydrogen-bond acceptors (Lipinski definition) is 5. The number of benzene rings is 2. The summed E-state index contributed by atoms with van der Waals surface area (Å²) < 4.78 is 5.20. The molecule has 1 aromatic heterocycles. The van der Waals surface area contributed by atoms with Crippen LogP contribution in [-0.2, 0) is 6.42 Å². The smallest absolute Gasteiger partial charge is 0.274 e. The maximum Gasteiger partial charge on any atom is 0.274 e. The Morgan fingerprint density at radius 3 is 2.81 bits per heavy atom. The standard InChI is InChI=1S/C21H20N4O2/c1-14-22-18(21(26)24-16-7-5-8-17(12-16)27-2)13-20(23-14)25-11-10-15-6-3-4-9-19(15)25/h3-9,12-13H,10-11H2,1-2H3,(H,24,26). The van der Waals surface area contributed by atoms with Crippen molar-refractivity contribution < 1.29 is 9.53 Å². The van der Waals surface area contributed by atoms with E-state index in [-0.39, 0.29) is 5.91 Å². The first-order chi connectivity index (χ1) is 13.1. The van der Waals surface area contributed by atoms with Crippen molar-refractivity contribution in [2.24, 2.45) is 0 Å². The third-order valence-corrected chi connectivity index (χ3v) is 4.55. The second-order valence-corrected chi connectivity index (χ2v) is 6.38. The number of aromatic nitrogens is 2. The van der Waals surface area contributed by atoms with E-state index in [9.17, 15) is 4.79 Å². The molecule has 6 nitrogen and oxygen atoms in total. The molecule has 0 atom stereocenters. The van der Waals surface area contributed by atoms with Crippen LogP contribution in [0.25, 0.3) is 0 Å². The van der Waals surface area contributed by atoms with E-state index in [4.69, 9.17) is 4.74 Å². The molecule has 4 rings (SSSR count). The maximum atomic E-state index is 12.7. The van der Waals surface area contributed by atoms with E-state index in [1.165, 1.54) is 5.56 Å². The number of fused-ring (bicyclic) bond motifs is 1. The number of amides is 1. The highest BCUT2D eigenvalue weighted by atomic mass is 16.5. The third kappa shape index (κ3) is 3.46. The van der Waals surface area contributed by atoms with E-state index >= 15 is 0 Å². The molecule has 0 aliphatic carbocycles. The number of para-hydroxylation sites is 1. The molecule has 2 heterocycles. The lowest BCUT2D eigenvalue weighted by atomic mass is 10.2. The number of nitrogens with zero attached hydrogens (tertiary/aromatic N) is 3. The molecule has 6 heteroatoms. The highest BCUT2D eigenvalue weighted by Gasteiger charge is 2.22. The predicted octanol–water partition coefficient (Wildman–Crippen LogP) is 3.74. The van der Waals surface area contributed by atoms with Crippen molar-refractivity contribution in [3.63, 3.8) is 0 Å². The van der Waals surface area contributed by atoms with Crippen LogP contribution in [0.2, 0.25) is 0 Å². The Labute approximate surface area is 157 Å². The van der Waals surface area contributed by atoms with E-state index in [0.29, 0.717) is 23.0 Å². The van der Waals surface area contributed by atoms with Crippen LogP contribution >= 0.6 is 0 Å². The van der Waals surface area contributed by atoms with Gasteiger partial charge in [-0.1, -0.05) is 24.3 Å². The first-order valence-corrected chi connectivity index (χ1v) is 8.80. The van der Waals surface area contributed by atoms with Crippen LogP contribution in [0.3, 0.4) is 0 Å². The Balaban J connectivity index is 1.62. The lowest BCUT2D eigenvalue weighted by Crippen LogP contribution is -2.19. The molecule has 0 fully saturated rings. The van der Waals surface area contributed by atoms with Crippen LogP contribution in [0.15, 0.2) is 54.6 Å². The van der Waals surface area contributed by atoms with Gasteiger partial charge in [0.05, 0.1) is 7.11 Å². The van der Waals surface area contributed by atoms with Crippen LogP contribution in [0.4, 0.5) is 17.2 Å². The number of methoxy groups -OCH3 is 1. The van der Waals surface area contributed by atoms with Gasteiger partial charge in [0, 0.05) is 30.1 Å². The monoisotopic (exact) mass is 360 g/mol. The Kier molecular flexibility index (Phi) is 4.46. The van der Waals surface area contributed by atoms with Gasteiger partial charge in [-0.2, -0.15) is 0 Å². The number of nitrogens with one attached hydrogen (secondary N) is 1. The minimum Gasteiger partial charge on any atom is -0.497 e. The molecule has 3 aromatic rings. The second-order valence-electron chi connectivity index (χ2n) is 6.38. The Morgan fingerprint density at radius 1 is 1.11 bits per heavy atom. The van der Waals surface area contributed by atoms with E-state index in [1.54, 1.807) is 26.2 Å². The summed E-state index contributed by atoms with van der Waals surface area (Å²) in [4.78, 5) is 23.7. The zero-order valence-corrected chi connectivity index (χ0v) is 15.3. The summed E-state index contributed by atoms with van der Waals surface area (Å²) >= 11 is 0. The van der Waals surface area contributed by atoms with Crippen molar-refractivity contribution in [2.45, 2.75) is 13.3 Å². The fourth-order valence-electron chi connectivity index (χ4n) is 3.28. The van der Waals surface area contributed by atoms with Crippen LogP contribution in [0, 0.1) is 6.92 Å². The number of carbonyl (C=O) groups excluding carboxylic acids is 1. The Morgan fingerprint density at radius 2 is 1.96 bits per heavy atom. The SMILES string of the molecule is COc1cccc(NC(=O)c2cc(N3CCc4ccccc43)nc(C)n2)c1. The van der Waals surface area contributed by atoms with E-state index in [0.717, 1.165) is 24.5 Å². The molecule has 1 N–H and O–H groups in total. The van der Waals surface area contributed by atoms with Crippen molar-refractivity contribution in [2.75, 3.05) is 23.9 Å². The van der Waals surface area contributed by atoms with Crippen molar-refractivity contribution in [1.29, 1.82) is 0 Å². The molecule has 136 valence electrons. The number of rotatable bonds is 4. The lowest BCUT2D eigenvalue weighted by Gasteiger charge is -2.19. The average Bonchev–Trinajstić information content (AvgIpc) is 3.12. The number of carbonyl (C=O) groups is 1. The van der Waals surface area contributed by atoms with Crippen LogP contribution in [0.5, 0.6) is 5.75 Å². The van der Waals surface area contributed by atoms with Crippen LogP contribution in [-0.4, -0.2) is 29.5 Å². The molecule has 0 radical (unpaired) electrons. The highest BCUT2D eigenvalue weighted by Crippen LogP contribution is 2.33. The lowest BCUT2D eigenvalue weighted by molar-refractivity contribution is 0.102. The normalized spacial score (nSPS) is 12.6. The summed E-state index contributed by atoms with van der Waals surface area (Å²) in [5.74, 6) is 1.71. The second kappa shape index (κ2) is 7.07. The molecule has 0 bridgehead atoms. The molecule has 0 unspecified atom stereocenters. The van der Waals surface area contributed by atoms with Crippen molar-refractivity contribution in [1.82, 2.24) is 9.97 Å². The van der Waals surface area contributed by atoms with E-state index < -0.39 is 0 Å². The van der Waals surface area contributed by atoms with Gasteiger partial charge in [-0.25, -0.2) is 9.97 Å². The van der Waals surface area contributed by atoms with Gasteiger partial charge < -0.3 is 15.0 Å². The van der Waals surface area contributed by atoms with Crippen LogP contribution in [0.1, 0.15) is 21.9 Å². The molecular weight excluding hydrogens is 340 g/mol. The molecule has 2 aromatic carbocycles. The maximum absolute atomic E-state index is 12.7. The summed E-state index contributed by atoms with van der Waals surface area (Å²) in [6.07, 6.45) is 0.963. The molecule has 0 saturated heterocycles. The summed E-state index contributed by atoms with van der Waals surface area (Å²) in [6, 6.07) is 17.2.